The Bertz CT molecular complexity index is 436. The van der Waals surface area contributed by atoms with Crippen LogP contribution < -0.4 is 5.32 Å². The summed E-state index contributed by atoms with van der Waals surface area (Å²) in [5.41, 5.74) is -0.306. The van der Waals surface area contributed by atoms with Crippen molar-refractivity contribution in [2.75, 3.05) is 6.54 Å². The first-order chi connectivity index (χ1) is 8.70. The summed E-state index contributed by atoms with van der Waals surface area (Å²) in [5.74, 6) is 0.436. The maximum Gasteiger partial charge on any atom is 0.109 e. The number of aromatic nitrogens is 2. The number of hydrogen-bond donors (Lipinski definition) is 1. The molecule has 2 atom stereocenters. The van der Waals surface area contributed by atoms with Gasteiger partial charge in [0.2, 0.25) is 0 Å². The van der Waals surface area contributed by atoms with Crippen LogP contribution in [0.3, 0.4) is 0 Å². The molecule has 4 nitrogen and oxygen atoms in total. The lowest BCUT2D eigenvalue weighted by Gasteiger charge is -2.29. The van der Waals surface area contributed by atoms with E-state index in [0.717, 1.165) is 43.2 Å². The van der Waals surface area contributed by atoms with Gasteiger partial charge in [-0.05, 0) is 47.7 Å². The van der Waals surface area contributed by atoms with Crippen molar-refractivity contribution in [1.29, 1.82) is 5.26 Å². The van der Waals surface area contributed by atoms with E-state index >= 15 is 0 Å². The molecule has 1 aromatic rings. The first-order valence-electron chi connectivity index (χ1n) is 6.54. The molecule has 5 heteroatoms. The molecular weight excluding hydrogens is 292 g/mol. The van der Waals surface area contributed by atoms with Crippen molar-refractivity contribution in [1.82, 2.24) is 15.1 Å². The molecule has 0 aromatic carbocycles. The van der Waals surface area contributed by atoms with Gasteiger partial charge < -0.3 is 0 Å². The van der Waals surface area contributed by atoms with E-state index < -0.39 is 0 Å². The van der Waals surface area contributed by atoms with Gasteiger partial charge in [-0.25, -0.2) is 0 Å². The highest BCUT2D eigenvalue weighted by molar-refractivity contribution is 9.10. The van der Waals surface area contributed by atoms with Gasteiger partial charge in [-0.2, -0.15) is 10.4 Å². The van der Waals surface area contributed by atoms with Crippen LogP contribution in [0.1, 0.15) is 32.6 Å². The summed E-state index contributed by atoms with van der Waals surface area (Å²) < 4.78 is 2.95. The highest BCUT2D eigenvalue weighted by Crippen LogP contribution is 2.37. The largest absolute Gasteiger partial charge is 0.299 e. The fraction of sp³-hybridized carbons (Fsp3) is 0.692. The molecule has 0 saturated heterocycles. The molecule has 1 saturated carbocycles. The van der Waals surface area contributed by atoms with Crippen LogP contribution in [-0.2, 0) is 6.54 Å². The second-order valence-electron chi connectivity index (χ2n) is 4.91. The van der Waals surface area contributed by atoms with Gasteiger partial charge in [0.1, 0.15) is 5.54 Å². The lowest BCUT2D eigenvalue weighted by molar-refractivity contribution is 0.291. The van der Waals surface area contributed by atoms with Crippen molar-refractivity contribution in [2.45, 2.75) is 44.7 Å². The fourth-order valence-electron chi connectivity index (χ4n) is 2.95. The first kappa shape index (κ1) is 13.6. The van der Waals surface area contributed by atoms with E-state index in [1.807, 2.05) is 10.9 Å². The minimum Gasteiger partial charge on any atom is -0.299 e. The predicted molar refractivity (Wildman–Crippen MR) is 73.9 cm³/mol. The molecule has 1 aliphatic carbocycles. The molecule has 2 rings (SSSR count). The molecule has 1 fully saturated rings. The van der Waals surface area contributed by atoms with E-state index in [9.17, 15) is 5.26 Å². The van der Waals surface area contributed by atoms with Crippen LogP contribution in [0.4, 0.5) is 0 Å². The Morgan fingerprint density at radius 3 is 3.17 bits per heavy atom. The predicted octanol–water partition coefficient (Wildman–Crippen LogP) is 2.71. The third kappa shape index (κ3) is 2.76. The standard InChI is InChI=1S/C13H19BrN4/c1-2-16-13(10-15)6-3-4-11(13)5-7-18-9-12(14)8-17-18/h8-9,11,16H,2-7H2,1H3. The van der Waals surface area contributed by atoms with Crippen molar-refractivity contribution in [2.24, 2.45) is 5.92 Å². The lowest BCUT2D eigenvalue weighted by Crippen LogP contribution is -2.47. The van der Waals surface area contributed by atoms with Crippen molar-refractivity contribution >= 4 is 15.9 Å². The number of rotatable bonds is 5. The molecule has 1 aromatic heterocycles. The van der Waals surface area contributed by atoms with Gasteiger partial charge in [-0.1, -0.05) is 13.3 Å². The van der Waals surface area contributed by atoms with E-state index in [2.05, 4.69) is 39.3 Å². The van der Waals surface area contributed by atoms with Crippen LogP contribution >= 0.6 is 15.9 Å². The number of aryl methyl sites for hydroxylation is 1. The van der Waals surface area contributed by atoms with Crippen molar-refractivity contribution in [3.8, 4) is 6.07 Å². The zero-order valence-corrected chi connectivity index (χ0v) is 12.3. The molecular formula is C13H19BrN4. The molecule has 0 aliphatic heterocycles. The van der Waals surface area contributed by atoms with Gasteiger partial charge >= 0.3 is 0 Å². The van der Waals surface area contributed by atoms with E-state index in [1.165, 1.54) is 0 Å². The normalized spacial score (nSPS) is 27.3. The minimum atomic E-state index is -0.306. The number of nitrogens with one attached hydrogen (secondary N) is 1. The van der Waals surface area contributed by atoms with Crippen LogP contribution in [0.5, 0.6) is 0 Å². The fourth-order valence-corrected chi connectivity index (χ4v) is 3.28. The average molecular weight is 311 g/mol. The molecule has 2 unspecified atom stereocenters. The monoisotopic (exact) mass is 310 g/mol. The summed E-state index contributed by atoms with van der Waals surface area (Å²) >= 11 is 3.40. The number of nitriles is 1. The summed E-state index contributed by atoms with van der Waals surface area (Å²) in [7, 11) is 0. The molecule has 0 bridgehead atoms. The van der Waals surface area contributed by atoms with Gasteiger partial charge in [0.25, 0.3) is 0 Å². The third-order valence-corrected chi connectivity index (χ3v) is 4.23. The maximum atomic E-state index is 9.48. The maximum absolute atomic E-state index is 9.48. The highest BCUT2D eigenvalue weighted by Gasteiger charge is 2.42. The smallest absolute Gasteiger partial charge is 0.109 e. The van der Waals surface area contributed by atoms with Gasteiger partial charge in [0.05, 0.1) is 16.7 Å². The SMILES string of the molecule is CCNC1(C#N)CCCC1CCn1cc(Br)cn1. The Morgan fingerprint density at radius 1 is 1.72 bits per heavy atom. The van der Waals surface area contributed by atoms with Crippen molar-refractivity contribution in [3.05, 3.63) is 16.9 Å². The van der Waals surface area contributed by atoms with E-state index in [1.54, 1.807) is 6.20 Å². The minimum absolute atomic E-state index is 0.306. The van der Waals surface area contributed by atoms with Gasteiger partial charge in [-0.3, -0.25) is 10.00 Å². The van der Waals surface area contributed by atoms with Crippen molar-refractivity contribution in [3.63, 3.8) is 0 Å². The quantitative estimate of drug-likeness (QED) is 0.909. The zero-order chi connectivity index (χ0) is 13.0. The Labute approximate surface area is 116 Å². The Hall–Kier alpha value is -0.860. The topological polar surface area (TPSA) is 53.6 Å². The molecule has 1 heterocycles. The first-order valence-corrected chi connectivity index (χ1v) is 7.33. The zero-order valence-electron chi connectivity index (χ0n) is 10.7. The van der Waals surface area contributed by atoms with Crippen LogP contribution in [0.15, 0.2) is 16.9 Å². The van der Waals surface area contributed by atoms with Crippen LogP contribution in [0.25, 0.3) is 0 Å². The number of hydrogen-bond acceptors (Lipinski definition) is 3. The second-order valence-corrected chi connectivity index (χ2v) is 5.83. The van der Waals surface area contributed by atoms with Gasteiger partial charge in [0, 0.05) is 12.7 Å². The highest BCUT2D eigenvalue weighted by atomic mass is 79.9. The third-order valence-electron chi connectivity index (χ3n) is 3.82. The molecule has 1 aliphatic rings. The second kappa shape index (κ2) is 5.85. The summed E-state index contributed by atoms with van der Waals surface area (Å²) in [6.07, 6.45) is 8.06. The Morgan fingerprint density at radius 2 is 2.56 bits per heavy atom. The van der Waals surface area contributed by atoms with E-state index in [4.69, 9.17) is 0 Å². The summed E-state index contributed by atoms with van der Waals surface area (Å²) in [4.78, 5) is 0. The lowest BCUT2D eigenvalue weighted by atomic mass is 9.86. The van der Waals surface area contributed by atoms with E-state index in [-0.39, 0.29) is 5.54 Å². The van der Waals surface area contributed by atoms with E-state index in [0.29, 0.717) is 5.92 Å². The molecule has 98 valence electrons. The Balaban J connectivity index is 1.97. The summed E-state index contributed by atoms with van der Waals surface area (Å²) in [6.45, 7) is 3.81. The van der Waals surface area contributed by atoms with Crippen LogP contribution in [-0.4, -0.2) is 21.9 Å². The van der Waals surface area contributed by atoms with Gasteiger partial charge in [-0.15, -0.1) is 0 Å². The molecule has 1 N–H and O–H groups in total. The molecule has 0 amide bonds. The van der Waals surface area contributed by atoms with Gasteiger partial charge in [0.15, 0.2) is 0 Å². The molecule has 0 radical (unpaired) electrons. The van der Waals surface area contributed by atoms with Crippen LogP contribution in [0.2, 0.25) is 0 Å². The number of nitrogens with zero attached hydrogens (tertiary/aromatic N) is 3. The van der Waals surface area contributed by atoms with Crippen molar-refractivity contribution < 1.29 is 0 Å². The number of halogens is 1. The molecule has 0 spiro atoms. The average Bonchev–Trinajstić information content (AvgIpc) is 2.94. The summed E-state index contributed by atoms with van der Waals surface area (Å²) in [5, 5.41) is 17.1. The summed E-state index contributed by atoms with van der Waals surface area (Å²) in [6, 6.07) is 2.52. The molecule has 18 heavy (non-hydrogen) atoms. The van der Waals surface area contributed by atoms with Crippen LogP contribution in [0, 0.1) is 17.2 Å². The Kier molecular flexibility index (Phi) is 4.41.